The Labute approximate surface area is 105 Å². The molecule has 0 aliphatic carbocycles. The van der Waals surface area contributed by atoms with Crippen LogP contribution in [0, 0.1) is 6.92 Å². The highest BCUT2D eigenvalue weighted by atomic mass is 79.9. The van der Waals surface area contributed by atoms with E-state index >= 15 is 0 Å². The average Bonchev–Trinajstić information content (AvgIpc) is 2.26. The van der Waals surface area contributed by atoms with E-state index in [1.807, 2.05) is 6.07 Å². The van der Waals surface area contributed by atoms with Gasteiger partial charge in [-0.15, -0.1) is 0 Å². The molecule has 0 saturated heterocycles. The van der Waals surface area contributed by atoms with Crippen LogP contribution in [0.4, 0.5) is 5.69 Å². The van der Waals surface area contributed by atoms with Gasteiger partial charge < -0.3 is 10.6 Å². The Morgan fingerprint density at radius 3 is 2.81 bits per heavy atom. The van der Waals surface area contributed by atoms with Crippen molar-refractivity contribution in [3.05, 3.63) is 28.2 Å². The maximum Gasteiger partial charge on any atom is 0.219 e. The molecule has 0 aromatic heterocycles. The lowest BCUT2D eigenvalue weighted by atomic mass is 10.2. The van der Waals surface area contributed by atoms with Crippen LogP contribution in [0.25, 0.3) is 0 Å². The maximum atomic E-state index is 11.0. The quantitative estimate of drug-likeness (QED) is 0.817. The van der Waals surface area contributed by atoms with E-state index in [0.29, 0.717) is 6.42 Å². The van der Waals surface area contributed by atoms with Crippen LogP contribution in [-0.2, 0) is 4.79 Å². The standard InChI is InChI=1S/C12H17BrN2O/c1-9-5-6-11(10(13)8-9)15-7-3-4-12(16)14-2/h5-6,8,15H,3-4,7H2,1-2H3,(H,14,16). The van der Waals surface area contributed by atoms with Crippen LogP contribution in [0.3, 0.4) is 0 Å². The summed E-state index contributed by atoms with van der Waals surface area (Å²) in [6, 6.07) is 6.17. The number of rotatable bonds is 5. The molecule has 1 aromatic rings. The SMILES string of the molecule is CNC(=O)CCCNc1ccc(C)cc1Br. The lowest BCUT2D eigenvalue weighted by Gasteiger charge is -2.08. The van der Waals surface area contributed by atoms with E-state index in [9.17, 15) is 4.79 Å². The molecule has 3 nitrogen and oxygen atoms in total. The molecule has 0 aliphatic rings. The molecule has 1 amide bonds. The third-order valence-corrected chi connectivity index (χ3v) is 2.96. The van der Waals surface area contributed by atoms with Crippen molar-refractivity contribution in [1.29, 1.82) is 0 Å². The normalized spacial score (nSPS) is 9.94. The number of carbonyl (C=O) groups is 1. The van der Waals surface area contributed by atoms with Crippen LogP contribution in [0.1, 0.15) is 18.4 Å². The molecule has 0 atom stereocenters. The summed E-state index contributed by atoms with van der Waals surface area (Å²) >= 11 is 3.50. The molecular weight excluding hydrogens is 268 g/mol. The third kappa shape index (κ3) is 4.23. The molecule has 0 saturated carbocycles. The van der Waals surface area contributed by atoms with E-state index < -0.39 is 0 Å². The molecule has 4 heteroatoms. The highest BCUT2D eigenvalue weighted by Crippen LogP contribution is 2.23. The number of benzene rings is 1. The molecule has 0 unspecified atom stereocenters. The molecule has 1 aromatic carbocycles. The Kier molecular flexibility index (Phi) is 5.32. The molecular formula is C12H17BrN2O. The number of nitrogens with one attached hydrogen (secondary N) is 2. The summed E-state index contributed by atoms with van der Waals surface area (Å²) in [7, 11) is 1.66. The summed E-state index contributed by atoms with van der Waals surface area (Å²) in [5.41, 5.74) is 2.30. The molecule has 16 heavy (non-hydrogen) atoms. The molecule has 0 bridgehead atoms. The lowest BCUT2D eigenvalue weighted by molar-refractivity contribution is -0.120. The zero-order valence-electron chi connectivity index (χ0n) is 9.64. The number of halogens is 1. The van der Waals surface area contributed by atoms with Gasteiger partial charge in [0.05, 0.1) is 0 Å². The van der Waals surface area contributed by atoms with Crippen molar-refractivity contribution in [3.8, 4) is 0 Å². The fourth-order valence-electron chi connectivity index (χ4n) is 1.36. The van der Waals surface area contributed by atoms with Crippen LogP contribution < -0.4 is 10.6 Å². The van der Waals surface area contributed by atoms with Gasteiger partial charge in [0.15, 0.2) is 0 Å². The van der Waals surface area contributed by atoms with Crippen molar-refractivity contribution in [2.45, 2.75) is 19.8 Å². The molecule has 1 rings (SSSR count). The molecule has 0 spiro atoms. The van der Waals surface area contributed by atoms with Crippen molar-refractivity contribution in [2.24, 2.45) is 0 Å². The van der Waals surface area contributed by atoms with Gasteiger partial charge in [-0.25, -0.2) is 0 Å². The first-order valence-electron chi connectivity index (χ1n) is 5.34. The second-order valence-corrected chi connectivity index (χ2v) is 4.54. The van der Waals surface area contributed by atoms with Gasteiger partial charge in [-0.3, -0.25) is 4.79 Å². The third-order valence-electron chi connectivity index (χ3n) is 2.30. The number of aryl methyl sites for hydroxylation is 1. The first kappa shape index (κ1) is 13.0. The first-order valence-corrected chi connectivity index (χ1v) is 6.13. The summed E-state index contributed by atoms with van der Waals surface area (Å²) in [4.78, 5) is 11.0. The second kappa shape index (κ2) is 6.53. The van der Waals surface area contributed by atoms with Gasteiger partial charge in [-0.2, -0.15) is 0 Å². The minimum absolute atomic E-state index is 0.0878. The summed E-state index contributed by atoms with van der Waals surface area (Å²) in [6.45, 7) is 2.86. The number of amides is 1. The van der Waals surface area contributed by atoms with Crippen molar-refractivity contribution in [1.82, 2.24) is 5.32 Å². The van der Waals surface area contributed by atoms with Crippen LogP contribution in [-0.4, -0.2) is 19.5 Å². The fraction of sp³-hybridized carbons (Fsp3) is 0.417. The molecule has 0 heterocycles. The lowest BCUT2D eigenvalue weighted by Crippen LogP contribution is -2.18. The zero-order valence-corrected chi connectivity index (χ0v) is 11.2. The Morgan fingerprint density at radius 1 is 1.44 bits per heavy atom. The fourth-order valence-corrected chi connectivity index (χ4v) is 1.99. The molecule has 88 valence electrons. The van der Waals surface area contributed by atoms with Gasteiger partial charge in [0.1, 0.15) is 0 Å². The monoisotopic (exact) mass is 284 g/mol. The Hall–Kier alpha value is -1.03. The molecule has 0 aliphatic heterocycles. The van der Waals surface area contributed by atoms with Gasteiger partial charge in [-0.1, -0.05) is 6.07 Å². The van der Waals surface area contributed by atoms with Gasteiger partial charge in [-0.05, 0) is 47.0 Å². The smallest absolute Gasteiger partial charge is 0.219 e. The minimum atomic E-state index is 0.0878. The largest absolute Gasteiger partial charge is 0.384 e. The van der Waals surface area contributed by atoms with Crippen LogP contribution in [0.15, 0.2) is 22.7 Å². The first-order chi connectivity index (χ1) is 7.63. The van der Waals surface area contributed by atoms with Gasteiger partial charge in [0.25, 0.3) is 0 Å². The van der Waals surface area contributed by atoms with E-state index in [-0.39, 0.29) is 5.91 Å². The summed E-state index contributed by atoms with van der Waals surface area (Å²) in [5, 5.41) is 5.90. The Bertz CT molecular complexity index is 366. The van der Waals surface area contributed by atoms with Crippen LogP contribution in [0.5, 0.6) is 0 Å². The van der Waals surface area contributed by atoms with E-state index in [2.05, 4.69) is 45.6 Å². The second-order valence-electron chi connectivity index (χ2n) is 3.69. The molecule has 2 N–H and O–H groups in total. The van der Waals surface area contributed by atoms with Crippen molar-refractivity contribution in [3.63, 3.8) is 0 Å². The van der Waals surface area contributed by atoms with Crippen LogP contribution >= 0.6 is 15.9 Å². The number of hydrogen-bond acceptors (Lipinski definition) is 2. The van der Waals surface area contributed by atoms with E-state index in [1.165, 1.54) is 5.56 Å². The number of hydrogen-bond donors (Lipinski definition) is 2. The summed E-state index contributed by atoms with van der Waals surface area (Å²) in [5.74, 6) is 0.0878. The molecule has 0 radical (unpaired) electrons. The van der Waals surface area contributed by atoms with Crippen molar-refractivity contribution >= 4 is 27.5 Å². The van der Waals surface area contributed by atoms with Crippen molar-refractivity contribution < 1.29 is 4.79 Å². The predicted molar refractivity (Wildman–Crippen MR) is 70.7 cm³/mol. The Balaban J connectivity index is 2.35. The van der Waals surface area contributed by atoms with Gasteiger partial charge in [0.2, 0.25) is 5.91 Å². The number of anilines is 1. The van der Waals surface area contributed by atoms with Crippen LogP contribution in [0.2, 0.25) is 0 Å². The highest BCUT2D eigenvalue weighted by Gasteiger charge is 2.00. The van der Waals surface area contributed by atoms with Gasteiger partial charge in [0, 0.05) is 30.2 Å². The van der Waals surface area contributed by atoms with Crippen molar-refractivity contribution in [2.75, 3.05) is 18.9 Å². The zero-order chi connectivity index (χ0) is 12.0. The van der Waals surface area contributed by atoms with Gasteiger partial charge >= 0.3 is 0 Å². The average molecular weight is 285 g/mol. The summed E-state index contributed by atoms with van der Waals surface area (Å²) in [6.07, 6.45) is 1.40. The summed E-state index contributed by atoms with van der Waals surface area (Å²) < 4.78 is 1.06. The minimum Gasteiger partial charge on any atom is -0.384 e. The van der Waals surface area contributed by atoms with E-state index in [1.54, 1.807) is 7.05 Å². The molecule has 0 fully saturated rings. The van der Waals surface area contributed by atoms with E-state index in [4.69, 9.17) is 0 Å². The topological polar surface area (TPSA) is 41.1 Å². The van der Waals surface area contributed by atoms with E-state index in [0.717, 1.165) is 23.1 Å². The predicted octanol–water partition coefficient (Wildman–Crippen LogP) is 2.70. The Morgan fingerprint density at radius 2 is 2.19 bits per heavy atom. The highest BCUT2D eigenvalue weighted by molar-refractivity contribution is 9.10. The maximum absolute atomic E-state index is 11.0. The number of carbonyl (C=O) groups excluding carboxylic acids is 1.